The van der Waals surface area contributed by atoms with Gasteiger partial charge in [0.25, 0.3) is 0 Å². The number of hydrogen-bond acceptors (Lipinski definition) is 5. The largest absolute Gasteiger partial charge is 0.379 e. The van der Waals surface area contributed by atoms with Crippen LogP contribution in [-0.2, 0) is 11.3 Å². The first kappa shape index (κ1) is 22.3. The smallest absolute Gasteiger partial charge is 0.137 e. The van der Waals surface area contributed by atoms with Gasteiger partial charge < -0.3 is 19.5 Å². The molecule has 2 fully saturated rings. The predicted octanol–water partition coefficient (Wildman–Crippen LogP) is 4.48. The third-order valence-electron chi connectivity index (χ3n) is 7.53. The number of hydrogen-bond donors (Lipinski definition) is 1. The van der Waals surface area contributed by atoms with Crippen molar-refractivity contribution in [3.63, 3.8) is 0 Å². The van der Waals surface area contributed by atoms with Gasteiger partial charge in [-0.2, -0.15) is 0 Å². The molecule has 4 heterocycles. The standard InChI is InChI=1S/C29H33N5O/c1-32-11-13-34(14-12-32)25-9-7-22(8-10-25)24-15-27-28(17-31-29(27)30-16-24)23-5-3-21(4-6-23)18-33-19-26(20-33)35-2/h3-10,15-17,26H,11-14,18-20H2,1-2H3,(H,30,31). The molecule has 6 nitrogen and oxygen atoms in total. The van der Waals surface area contributed by atoms with E-state index in [-0.39, 0.29) is 0 Å². The molecule has 0 amide bonds. The summed E-state index contributed by atoms with van der Waals surface area (Å²) in [6, 6.07) is 20.1. The molecule has 0 unspecified atom stereocenters. The molecule has 0 radical (unpaired) electrons. The Kier molecular flexibility index (Phi) is 6.02. The number of fused-ring (bicyclic) bond motifs is 1. The van der Waals surface area contributed by atoms with E-state index in [2.05, 4.69) is 87.5 Å². The number of ether oxygens (including phenoxy) is 1. The minimum atomic E-state index is 0.394. The van der Waals surface area contributed by atoms with Gasteiger partial charge in [-0.1, -0.05) is 36.4 Å². The van der Waals surface area contributed by atoms with Crippen LogP contribution in [0.1, 0.15) is 5.56 Å². The van der Waals surface area contributed by atoms with Crippen LogP contribution in [0.25, 0.3) is 33.3 Å². The zero-order valence-corrected chi connectivity index (χ0v) is 20.6. The minimum Gasteiger partial charge on any atom is -0.379 e. The second kappa shape index (κ2) is 9.46. The molecule has 0 spiro atoms. The lowest BCUT2D eigenvalue weighted by Gasteiger charge is -2.38. The molecule has 1 N–H and O–H groups in total. The first-order chi connectivity index (χ1) is 17.2. The fraction of sp³-hybridized carbons (Fsp3) is 0.345. The van der Waals surface area contributed by atoms with Crippen molar-refractivity contribution >= 4 is 16.7 Å². The zero-order valence-electron chi connectivity index (χ0n) is 20.6. The number of anilines is 1. The number of nitrogens with zero attached hydrogens (tertiary/aromatic N) is 4. The Labute approximate surface area is 207 Å². The molecule has 35 heavy (non-hydrogen) atoms. The molecule has 0 saturated carbocycles. The van der Waals surface area contributed by atoms with E-state index in [1.165, 1.54) is 27.9 Å². The van der Waals surface area contributed by atoms with Crippen LogP contribution in [0.5, 0.6) is 0 Å². The number of methoxy groups -OCH3 is 1. The molecule has 0 aliphatic carbocycles. The quantitative estimate of drug-likeness (QED) is 0.453. The average Bonchev–Trinajstić information content (AvgIpc) is 3.30. The summed E-state index contributed by atoms with van der Waals surface area (Å²) >= 11 is 0. The summed E-state index contributed by atoms with van der Waals surface area (Å²) in [4.78, 5) is 15.4. The highest BCUT2D eigenvalue weighted by Gasteiger charge is 2.26. The van der Waals surface area contributed by atoms with E-state index < -0.39 is 0 Å². The van der Waals surface area contributed by atoms with Crippen LogP contribution < -0.4 is 4.90 Å². The lowest BCUT2D eigenvalue weighted by molar-refractivity contribution is -0.0333. The molecule has 2 aromatic heterocycles. The van der Waals surface area contributed by atoms with E-state index in [4.69, 9.17) is 9.72 Å². The molecule has 6 heteroatoms. The van der Waals surface area contributed by atoms with E-state index >= 15 is 0 Å². The fourth-order valence-corrected chi connectivity index (χ4v) is 5.18. The molecule has 6 rings (SSSR count). The SMILES string of the molecule is COC1CN(Cc2ccc(-c3c[nH]c4ncc(-c5ccc(N6CCN(C)CC6)cc5)cc34)cc2)C1. The Balaban J connectivity index is 1.20. The van der Waals surface area contributed by atoms with E-state index in [0.717, 1.165) is 62.4 Å². The monoisotopic (exact) mass is 467 g/mol. The zero-order chi connectivity index (χ0) is 23.8. The summed E-state index contributed by atoms with van der Waals surface area (Å²) in [6.07, 6.45) is 4.44. The number of piperazine rings is 1. The van der Waals surface area contributed by atoms with Gasteiger partial charge in [-0.05, 0) is 41.9 Å². The molecule has 2 aliphatic heterocycles. The van der Waals surface area contributed by atoms with Crippen molar-refractivity contribution in [1.82, 2.24) is 19.8 Å². The molecule has 0 bridgehead atoms. The van der Waals surface area contributed by atoms with Gasteiger partial charge in [0.15, 0.2) is 0 Å². The molecular formula is C29H33N5O. The number of aromatic amines is 1. The van der Waals surface area contributed by atoms with Crippen molar-refractivity contribution in [2.24, 2.45) is 0 Å². The minimum absolute atomic E-state index is 0.394. The molecule has 4 aromatic rings. The van der Waals surface area contributed by atoms with Gasteiger partial charge in [-0.3, -0.25) is 4.90 Å². The van der Waals surface area contributed by atoms with Crippen molar-refractivity contribution in [2.45, 2.75) is 12.6 Å². The third-order valence-corrected chi connectivity index (χ3v) is 7.53. The van der Waals surface area contributed by atoms with Crippen LogP contribution in [0.15, 0.2) is 67.0 Å². The van der Waals surface area contributed by atoms with Gasteiger partial charge in [-0.15, -0.1) is 0 Å². The van der Waals surface area contributed by atoms with Crippen LogP contribution in [0.3, 0.4) is 0 Å². The number of H-pyrrole nitrogens is 1. The topological polar surface area (TPSA) is 47.6 Å². The van der Waals surface area contributed by atoms with Crippen molar-refractivity contribution in [1.29, 1.82) is 0 Å². The van der Waals surface area contributed by atoms with Crippen LogP contribution in [0.4, 0.5) is 5.69 Å². The molecule has 2 aromatic carbocycles. The maximum absolute atomic E-state index is 5.39. The number of benzene rings is 2. The van der Waals surface area contributed by atoms with Crippen molar-refractivity contribution in [3.05, 3.63) is 72.6 Å². The highest BCUT2D eigenvalue weighted by atomic mass is 16.5. The number of aromatic nitrogens is 2. The summed E-state index contributed by atoms with van der Waals surface area (Å²) in [5, 5.41) is 1.16. The predicted molar refractivity (Wildman–Crippen MR) is 143 cm³/mol. The number of likely N-dealkylation sites (tertiary alicyclic amines) is 1. The highest BCUT2D eigenvalue weighted by molar-refractivity contribution is 5.95. The maximum Gasteiger partial charge on any atom is 0.137 e. The number of pyridine rings is 1. The van der Waals surface area contributed by atoms with Gasteiger partial charge in [0.05, 0.1) is 6.10 Å². The highest BCUT2D eigenvalue weighted by Crippen LogP contribution is 2.32. The number of likely N-dealkylation sites (N-methyl/N-ethyl adjacent to an activating group) is 1. The molecule has 2 saturated heterocycles. The Morgan fingerprint density at radius 2 is 1.63 bits per heavy atom. The lowest BCUT2D eigenvalue weighted by atomic mass is 10.0. The summed E-state index contributed by atoms with van der Waals surface area (Å²) in [5.74, 6) is 0. The molecule has 2 aliphatic rings. The van der Waals surface area contributed by atoms with E-state index in [0.29, 0.717) is 6.10 Å². The van der Waals surface area contributed by atoms with Crippen LogP contribution in [0.2, 0.25) is 0 Å². The van der Waals surface area contributed by atoms with Crippen LogP contribution in [-0.4, -0.2) is 79.3 Å². The van der Waals surface area contributed by atoms with Crippen LogP contribution >= 0.6 is 0 Å². The fourth-order valence-electron chi connectivity index (χ4n) is 5.18. The average molecular weight is 468 g/mol. The first-order valence-corrected chi connectivity index (χ1v) is 12.5. The summed E-state index contributed by atoms with van der Waals surface area (Å²) in [6.45, 7) is 7.42. The van der Waals surface area contributed by atoms with Crippen molar-refractivity contribution in [3.8, 4) is 22.3 Å². The first-order valence-electron chi connectivity index (χ1n) is 12.5. The van der Waals surface area contributed by atoms with Crippen molar-refractivity contribution < 1.29 is 4.74 Å². The third kappa shape index (κ3) is 4.57. The molecule has 0 atom stereocenters. The normalized spacial score (nSPS) is 17.7. The number of nitrogens with one attached hydrogen (secondary N) is 1. The van der Waals surface area contributed by atoms with Crippen molar-refractivity contribution in [2.75, 3.05) is 58.3 Å². The summed E-state index contributed by atoms with van der Waals surface area (Å²) in [5.41, 5.74) is 8.31. The van der Waals surface area contributed by atoms with Gasteiger partial charge in [0.1, 0.15) is 5.65 Å². The Hall–Kier alpha value is -3.19. The maximum atomic E-state index is 5.39. The Morgan fingerprint density at radius 1 is 0.914 bits per heavy atom. The summed E-state index contributed by atoms with van der Waals surface area (Å²) in [7, 11) is 3.99. The van der Waals surface area contributed by atoms with Gasteiger partial charge in [0, 0.05) is 87.5 Å². The van der Waals surface area contributed by atoms with E-state index in [1.807, 2.05) is 6.20 Å². The lowest BCUT2D eigenvalue weighted by Crippen LogP contribution is -2.50. The Bertz CT molecular complexity index is 1280. The number of rotatable bonds is 6. The van der Waals surface area contributed by atoms with Gasteiger partial charge in [-0.25, -0.2) is 4.98 Å². The summed E-state index contributed by atoms with van der Waals surface area (Å²) < 4.78 is 5.39. The second-order valence-corrected chi connectivity index (χ2v) is 9.91. The Morgan fingerprint density at radius 3 is 2.34 bits per heavy atom. The molecular weight excluding hydrogens is 434 g/mol. The molecule has 180 valence electrons. The van der Waals surface area contributed by atoms with Gasteiger partial charge >= 0.3 is 0 Å². The second-order valence-electron chi connectivity index (χ2n) is 9.91. The van der Waals surface area contributed by atoms with Gasteiger partial charge in [0.2, 0.25) is 0 Å². The van der Waals surface area contributed by atoms with Crippen LogP contribution in [0, 0.1) is 0 Å². The van der Waals surface area contributed by atoms with E-state index in [1.54, 1.807) is 7.11 Å². The van der Waals surface area contributed by atoms with E-state index in [9.17, 15) is 0 Å².